The highest BCUT2D eigenvalue weighted by Crippen LogP contribution is 2.28. The number of hydrogen-bond acceptors (Lipinski definition) is 5. The molecule has 0 saturated carbocycles. The Morgan fingerprint density at radius 3 is 2.63 bits per heavy atom. The van der Waals surface area contributed by atoms with Gasteiger partial charge < -0.3 is 9.84 Å². The third kappa shape index (κ3) is 4.74. The molecule has 0 atom stereocenters. The van der Waals surface area contributed by atoms with Crippen LogP contribution in [0.5, 0.6) is 0 Å². The molecule has 1 aliphatic heterocycles. The Kier molecular flexibility index (Phi) is 5.90. The highest BCUT2D eigenvalue weighted by molar-refractivity contribution is 5.92. The van der Waals surface area contributed by atoms with Crippen molar-refractivity contribution < 1.29 is 13.7 Å². The van der Waals surface area contributed by atoms with Gasteiger partial charge in [0.25, 0.3) is 0 Å². The molecular formula is C23H25FN4O2. The molecule has 4 rings (SSSR count). The van der Waals surface area contributed by atoms with Gasteiger partial charge in [0.1, 0.15) is 5.82 Å². The van der Waals surface area contributed by atoms with Crippen molar-refractivity contribution in [2.24, 2.45) is 0 Å². The van der Waals surface area contributed by atoms with Gasteiger partial charge in [-0.25, -0.2) is 4.39 Å². The molecule has 2 aromatic carbocycles. The highest BCUT2D eigenvalue weighted by Gasteiger charge is 2.26. The van der Waals surface area contributed by atoms with Crippen molar-refractivity contribution in [2.75, 3.05) is 25.0 Å². The van der Waals surface area contributed by atoms with Gasteiger partial charge in [0, 0.05) is 17.2 Å². The Morgan fingerprint density at radius 2 is 1.90 bits per heavy atom. The summed E-state index contributed by atoms with van der Waals surface area (Å²) in [6.07, 6.45) is 1.70. The number of aromatic nitrogens is 2. The lowest BCUT2D eigenvalue weighted by Gasteiger charge is -2.29. The molecule has 0 unspecified atom stereocenters. The van der Waals surface area contributed by atoms with E-state index in [0.29, 0.717) is 17.4 Å². The number of benzene rings is 2. The number of aryl methyl sites for hydroxylation is 2. The normalized spacial score (nSPS) is 15.3. The lowest BCUT2D eigenvalue weighted by molar-refractivity contribution is -0.117. The Labute approximate surface area is 175 Å². The van der Waals surface area contributed by atoms with Crippen LogP contribution >= 0.6 is 0 Å². The van der Waals surface area contributed by atoms with Gasteiger partial charge >= 0.3 is 0 Å². The molecule has 0 radical (unpaired) electrons. The van der Waals surface area contributed by atoms with Crippen molar-refractivity contribution >= 4 is 11.6 Å². The largest absolute Gasteiger partial charge is 0.339 e. The van der Waals surface area contributed by atoms with E-state index in [2.05, 4.69) is 20.4 Å². The first-order valence-corrected chi connectivity index (χ1v) is 10.2. The number of likely N-dealkylation sites (tertiary alicyclic amines) is 1. The van der Waals surface area contributed by atoms with E-state index in [9.17, 15) is 9.18 Å². The number of nitrogens with one attached hydrogen (secondary N) is 1. The van der Waals surface area contributed by atoms with Gasteiger partial charge in [-0.3, -0.25) is 9.69 Å². The van der Waals surface area contributed by atoms with Crippen LogP contribution in [-0.4, -0.2) is 40.6 Å². The molecule has 1 saturated heterocycles. The molecule has 1 fully saturated rings. The number of hydrogen-bond donors (Lipinski definition) is 1. The fourth-order valence-electron chi connectivity index (χ4n) is 3.68. The summed E-state index contributed by atoms with van der Waals surface area (Å²) in [6, 6.07) is 12.4. The maximum Gasteiger partial charge on any atom is 0.238 e. The van der Waals surface area contributed by atoms with Crippen LogP contribution in [0.15, 0.2) is 47.0 Å². The number of carbonyl (C=O) groups is 1. The van der Waals surface area contributed by atoms with E-state index >= 15 is 0 Å². The van der Waals surface area contributed by atoms with Crippen LogP contribution in [0.2, 0.25) is 0 Å². The van der Waals surface area contributed by atoms with Crippen molar-refractivity contribution in [3.05, 3.63) is 65.3 Å². The Balaban J connectivity index is 1.30. The topological polar surface area (TPSA) is 71.3 Å². The molecule has 3 aromatic rings. The molecule has 0 spiro atoms. The van der Waals surface area contributed by atoms with E-state index in [1.54, 1.807) is 6.07 Å². The summed E-state index contributed by atoms with van der Waals surface area (Å²) in [5, 5.41) is 6.93. The van der Waals surface area contributed by atoms with Gasteiger partial charge in [-0.05, 0) is 57.5 Å². The fourth-order valence-corrected chi connectivity index (χ4v) is 3.68. The second-order valence-corrected chi connectivity index (χ2v) is 7.88. The molecule has 1 aliphatic rings. The van der Waals surface area contributed by atoms with Gasteiger partial charge in [-0.1, -0.05) is 41.1 Å². The average molecular weight is 408 g/mol. The van der Waals surface area contributed by atoms with Gasteiger partial charge in [-0.15, -0.1) is 0 Å². The first kappa shape index (κ1) is 20.2. The van der Waals surface area contributed by atoms with Crippen molar-refractivity contribution in [1.29, 1.82) is 0 Å². The van der Waals surface area contributed by atoms with E-state index in [-0.39, 0.29) is 24.2 Å². The fraction of sp³-hybridized carbons (Fsp3) is 0.348. The van der Waals surface area contributed by atoms with E-state index in [0.717, 1.165) is 37.1 Å². The Morgan fingerprint density at radius 1 is 1.17 bits per heavy atom. The lowest BCUT2D eigenvalue weighted by Crippen LogP contribution is -2.38. The van der Waals surface area contributed by atoms with Crippen molar-refractivity contribution in [2.45, 2.75) is 32.6 Å². The molecule has 0 bridgehead atoms. The van der Waals surface area contributed by atoms with Crippen molar-refractivity contribution in [3.63, 3.8) is 0 Å². The number of piperidine rings is 1. The minimum Gasteiger partial charge on any atom is -0.339 e. The lowest BCUT2D eigenvalue weighted by atomic mass is 9.97. The Bertz CT molecular complexity index is 1020. The van der Waals surface area contributed by atoms with Crippen LogP contribution in [0, 0.1) is 19.7 Å². The van der Waals surface area contributed by atoms with E-state index in [4.69, 9.17) is 4.52 Å². The quantitative estimate of drug-likeness (QED) is 0.681. The van der Waals surface area contributed by atoms with Gasteiger partial charge in [0.15, 0.2) is 0 Å². The summed E-state index contributed by atoms with van der Waals surface area (Å²) in [7, 11) is 0. The van der Waals surface area contributed by atoms with Crippen LogP contribution < -0.4 is 5.32 Å². The summed E-state index contributed by atoms with van der Waals surface area (Å²) in [5.41, 5.74) is 3.48. The van der Waals surface area contributed by atoms with Gasteiger partial charge in [-0.2, -0.15) is 4.98 Å². The summed E-state index contributed by atoms with van der Waals surface area (Å²) in [4.78, 5) is 19.0. The Hall–Kier alpha value is -3.06. The van der Waals surface area contributed by atoms with Crippen LogP contribution in [-0.2, 0) is 4.79 Å². The summed E-state index contributed by atoms with van der Waals surface area (Å²) >= 11 is 0. The van der Waals surface area contributed by atoms with Crippen molar-refractivity contribution in [3.8, 4) is 11.4 Å². The van der Waals surface area contributed by atoms with Crippen molar-refractivity contribution in [1.82, 2.24) is 15.0 Å². The number of carbonyl (C=O) groups excluding carboxylic acids is 1. The zero-order valence-corrected chi connectivity index (χ0v) is 17.2. The molecule has 7 heteroatoms. The molecule has 0 aliphatic carbocycles. The van der Waals surface area contributed by atoms with Crippen LogP contribution in [0.3, 0.4) is 0 Å². The second-order valence-electron chi connectivity index (χ2n) is 7.88. The van der Waals surface area contributed by atoms with E-state index in [1.807, 2.05) is 38.1 Å². The second kappa shape index (κ2) is 8.75. The molecule has 2 heterocycles. The molecule has 1 amide bonds. The maximum absolute atomic E-state index is 13.4. The standard InChI is InChI=1S/C23H25FN4O2/c1-15-3-6-17(7-4-15)22-26-23(30-27-22)18-9-11-28(12-10-18)14-21(29)25-20-13-19(24)8-5-16(20)2/h3-8,13,18H,9-12,14H2,1-2H3,(H,25,29). The van der Waals surface area contributed by atoms with E-state index < -0.39 is 0 Å². The van der Waals surface area contributed by atoms with Crippen LogP contribution in [0.4, 0.5) is 10.1 Å². The maximum atomic E-state index is 13.4. The molecule has 1 N–H and O–H groups in total. The molecule has 30 heavy (non-hydrogen) atoms. The van der Waals surface area contributed by atoms with E-state index in [1.165, 1.54) is 17.7 Å². The molecule has 6 nitrogen and oxygen atoms in total. The summed E-state index contributed by atoms with van der Waals surface area (Å²) in [6.45, 7) is 5.70. The number of amides is 1. The van der Waals surface area contributed by atoms with Crippen LogP contribution in [0.25, 0.3) is 11.4 Å². The van der Waals surface area contributed by atoms with Gasteiger partial charge in [0.05, 0.1) is 6.54 Å². The SMILES string of the molecule is Cc1ccc(-c2noc(C3CCN(CC(=O)Nc4cc(F)ccc4C)CC3)n2)cc1. The first-order valence-electron chi connectivity index (χ1n) is 10.2. The third-order valence-electron chi connectivity index (χ3n) is 5.53. The predicted molar refractivity (Wildman–Crippen MR) is 113 cm³/mol. The highest BCUT2D eigenvalue weighted by atomic mass is 19.1. The third-order valence-corrected chi connectivity index (χ3v) is 5.53. The van der Waals surface area contributed by atoms with Gasteiger partial charge in [0.2, 0.25) is 17.6 Å². The van der Waals surface area contributed by atoms with Crippen LogP contribution in [0.1, 0.15) is 35.8 Å². The number of nitrogens with zero attached hydrogens (tertiary/aromatic N) is 3. The predicted octanol–water partition coefficient (Wildman–Crippen LogP) is 4.31. The molecular weight excluding hydrogens is 383 g/mol. The average Bonchev–Trinajstić information content (AvgIpc) is 3.22. The number of halogens is 1. The first-order chi connectivity index (χ1) is 14.5. The number of anilines is 1. The zero-order valence-electron chi connectivity index (χ0n) is 17.2. The minimum atomic E-state index is -0.360. The molecule has 1 aromatic heterocycles. The molecule has 156 valence electrons. The zero-order chi connectivity index (χ0) is 21.1. The minimum absolute atomic E-state index is 0.137. The smallest absolute Gasteiger partial charge is 0.238 e. The summed E-state index contributed by atoms with van der Waals surface area (Å²) in [5.74, 6) is 0.965. The summed E-state index contributed by atoms with van der Waals surface area (Å²) < 4.78 is 18.9. The number of rotatable bonds is 5. The monoisotopic (exact) mass is 408 g/mol.